The molecule has 106 valence electrons. The molecule has 0 bridgehead atoms. The van der Waals surface area contributed by atoms with Crippen LogP contribution in [0.5, 0.6) is 23.0 Å². The molecule has 0 saturated carbocycles. The monoisotopic (exact) mass is 280 g/mol. The summed E-state index contributed by atoms with van der Waals surface area (Å²) in [5, 5.41) is 20.2. The molecule has 1 aromatic carbocycles. The zero-order chi connectivity index (χ0) is 15.0. The number of phenols is 2. The van der Waals surface area contributed by atoms with Crippen LogP contribution in [0.1, 0.15) is 20.7 Å². The van der Waals surface area contributed by atoms with E-state index in [0.717, 1.165) is 6.08 Å². The number of hydrogen-bond donors (Lipinski definition) is 2. The van der Waals surface area contributed by atoms with E-state index in [1.165, 1.54) is 21.3 Å². The molecule has 0 fully saturated rings. The summed E-state index contributed by atoms with van der Waals surface area (Å²) in [7, 11) is 3.68. The Labute approximate surface area is 114 Å². The van der Waals surface area contributed by atoms with Gasteiger partial charge in [0.2, 0.25) is 17.3 Å². The van der Waals surface area contributed by atoms with Crippen LogP contribution >= 0.6 is 0 Å². The fraction of sp³-hybridized carbons (Fsp3) is 0.231. The SMILES string of the molecule is COC1=CC(=O)c2c(O)c(OC)c(OC)c(O)c2C1=O. The number of methoxy groups -OCH3 is 3. The van der Waals surface area contributed by atoms with Crippen LogP contribution in [0.3, 0.4) is 0 Å². The van der Waals surface area contributed by atoms with Gasteiger partial charge in [-0.25, -0.2) is 0 Å². The zero-order valence-electron chi connectivity index (χ0n) is 11.0. The maximum atomic E-state index is 12.1. The Morgan fingerprint density at radius 2 is 1.35 bits per heavy atom. The second kappa shape index (κ2) is 4.76. The number of allylic oxidation sites excluding steroid dienone is 2. The molecule has 0 unspecified atom stereocenters. The summed E-state index contributed by atoms with van der Waals surface area (Å²) in [6, 6.07) is 0. The summed E-state index contributed by atoms with van der Waals surface area (Å²) < 4.78 is 14.6. The highest BCUT2D eigenvalue weighted by Gasteiger charge is 2.37. The molecule has 1 aromatic rings. The average molecular weight is 280 g/mol. The van der Waals surface area contributed by atoms with Crippen molar-refractivity contribution in [2.75, 3.05) is 21.3 Å². The number of hydrogen-bond acceptors (Lipinski definition) is 7. The molecule has 1 aliphatic rings. The van der Waals surface area contributed by atoms with Crippen molar-refractivity contribution in [3.63, 3.8) is 0 Å². The minimum absolute atomic E-state index is 0.223. The van der Waals surface area contributed by atoms with E-state index in [-0.39, 0.29) is 28.4 Å². The van der Waals surface area contributed by atoms with Crippen molar-refractivity contribution >= 4 is 11.6 Å². The Morgan fingerprint density at radius 1 is 0.850 bits per heavy atom. The van der Waals surface area contributed by atoms with E-state index in [0.29, 0.717) is 0 Å². The summed E-state index contributed by atoms with van der Waals surface area (Å²) in [5.74, 6) is -3.24. The summed E-state index contributed by atoms with van der Waals surface area (Å²) in [5.41, 5.74) is -0.713. The second-order valence-corrected chi connectivity index (χ2v) is 3.92. The molecule has 20 heavy (non-hydrogen) atoms. The lowest BCUT2D eigenvalue weighted by molar-refractivity contribution is 0.0910. The number of aromatic hydroxyl groups is 2. The molecule has 0 saturated heterocycles. The van der Waals surface area contributed by atoms with Crippen molar-refractivity contribution in [1.82, 2.24) is 0 Å². The second-order valence-electron chi connectivity index (χ2n) is 3.92. The molecule has 2 rings (SSSR count). The largest absolute Gasteiger partial charge is 0.504 e. The van der Waals surface area contributed by atoms with E-state index < -0.39 is 23.1 Å². The molecule has 0 aliphatic heterocycles. The van der Waals surface area contributed by atoms with Crippen LogP contribution in [-0.4, -0.2) is 43.1 Å². The predicted molar refractivity (Wildman–Crippen MR) is 66.6 cm³/mol. The number of Topliss-reactive ketones (excluding diaryl/α,β-unsaturated/α-hetero) is 1. The van der Waals surface area contributed by atoms with Gasteiger partial charge in [0.05, 0.1) is 32.5 Å². The van der Waals surface area contributed by atoms with Crippen molar-refractivity contribution in [1.29, 1.82) is 0 Å². The van der Waals surface area contributed by atoms with E-state index in [4.69, 9.17) is 14.2 Å². The minimum atomic E-state index is -0.726. The quantitative estimate of drug-likeness (QED) is 0.797. The van der Waals surface area contributed by atoms with Crippen LogP contribution in [-0.2, 0) is 4.74 Å². The standard InChI is InChI=1S/C13H12O7/c1-18-6-4-5(14)7-8(9(6)15)11(17)13(20-3)12(19-2)10(7)16/h4,16-17H,1-3H3. The number of rotatable bonds is 3. The van der Waals surface area contributed by atoms with Gasteiger partial charge in [0, 0.05) is 6.08 Å². The van der Waals surface area contributed by atoms with Gasteiger partial charge in [0.1, 0.15) is 0 Å². The first-order chi connectivity index (χ1) is 9.47. The first-order valence-corrected chi connectivity index (χ1v) is 5.52. The van der Waals surface area contributed by atoms with E-state index >= 15 is 0 Å². The van der Waals surface area contributed by atoms with Crippen molar-refractivity contribution in [3.05, 3.63) is 23.0 Å². The van der Waals surface area contributed by atoms with Crippen molar-refractivity contribution < 1.29 is 34.0 Å². The highest BCUT2D eigenvalue weighted by molar-refractivity contribution is 6.26. The van der Waals surface area contributed by atoms with Crippen LogP contribution in [0, 0.1) is 0 Å². The number of ether oxygens (including phenoxy) is 3. The highest BCUT2D eigenvalue weighted by Crippen LogP contribution is 2.50. The van der Waals surface area contributed by atoms with Crippen molar-refractivity contribution in [3.8, 4) is 23.0 Å². The molecular weight excluding hydrogens is 268 g/mol. The van der Waals surface area contributed by atoms with E-state index in [1.54, 1.807) is 0 Å². The molecule has 0 heterocycles. The number of carbonyl (C=O) groups is 2. The summed E-state index contributed by atoms with van der Waals surface area (Å²) in [6.07, 6.45) is 0.940. The lowest BCUT2D eigenvalue weighted by Gasteiger charge is -2.20. The Balaban J connectivity index is 2.86. The van der Waals surface area contributed by atoms with Gasteiger partial charge in [-0.05, 0) is 0 Å². The molecule has 0 spiro atoms. The van der Waals surface area contributed by atoms with Crippen molar-refractivity contribution in [2.24, 2.45) is 0 Å². The number of carbonyl (C=O) groups excluding carboxylic acids is 2. The molecule has 7 nitrogen and oxygen atoms in total. The lowest BCUT2D eigenvalue weighted by Crippen LogP contribution is -2.19. The number of benzene rings is 1. The normalized spacial score (nSPS) is 13.7. The smallest absolute Gasteiger partial charge is 0.232 e. The van der Waals surface area contributed by atoms with E-state index in [2.05, 4.69) is 0 Å². The fourth-order valence-corrected chi connectivity index (χ4v) is 2.05. The fourth-order valence-electron chi connectivity index (χ4n) is 2.05. The summed E-state index contributed by atoms with van der Waals surface area (Å²) in [4.78, 5) is 24.1. The van der Waals surface area contributed by atoms with Gasteiger partial charge in [-0.2, -0.15) is 0 Å². The molecule has 0 aromatic heterocycles. The third kappa shape index (κ3) is 1.67. The van der Waals surface area contributed by atoms with E-state index in [9.17, 15) is 19.8 Å². The Morgan fingerprint density at radius 3 is 1.80 bits per heavy atom. The van der Waals surface area contributed by atoms with Gasteiger partial charge in [-0.1, -0.05) is 0 Å². The first-order valence-electron chi connectivity index (χ1n) is 5.52. The van der Waals surface area contributed by atoms with Gasteiger partial charge >= 0.3 is 0 Å². The van der Waals surface area contributed by atoms with Gasteiger partial charge < -0.3 is 24.4 Å². The van der Waals surface area contributed by atoms with Crippen LogP contribution < -0.4 is 9.47 Å². The van der Waals surface area contributed by atoms with Crippen LogP contribution in [0.15, 0.2) is 11.8 Å². The van der Waals surface area contributed by atoms with Crippen molar-refractivity contribution in [2.45, 2.75) is 0 Å². The van der Waals surface area contributed by atoms with Gasteiger partial charge in [0.15, 0.2) is 23.0 Å². The maximum absolute atomic E-state index is 12.1. The Bertz CT molecular complexity index is 643. The zero-order valence-corrected chi connectivity index (χ0v) is 11.0. The Hall–Kier alpha value is -2.70. The topological polar surface area (TPSA) is 102 Å². The maximum Gasteiger partial charge on any atom is 0.232 e. The molecule has 0 atom stereocenters. The summed E-state index contributed by atoms with van der Waals surface area (Å²) in [6.45, 7) is 0. The molecule has 1 aliphatic carbocycles. The molecule has 7 heteroatoms. The minimum Gasteiger partial charge on any atom is -0.504 e. The van der Waals surface area contributed by atoms with Crippen LogP contribution in [0.25, 0.3) is 0 Å². The molecular formula is C13H12O7. The number of fused-ring (bicyclic) bond motifs is 1. The third-order valence-corrected chi connectivity index (χ3v) is 2.95. The van der Waals surface area contributed by atoms with Crippen LogP contribution in [0.4, 0.5) is 0 Å². The van der Waals surface area contributed by atoms with Crippen LogP contribution in [0.2, 0.25) is 0 Å². The van der Waals surface area contributed by atoms with Gasteiger partial charge in [-0.15, -0.1) is 0 Å². The lowest BCUT2D eigenvalue weighted by atomic mass is 9.91. The first kappa shape index (κ1) is 13.7. The predicted octanol–water partition coefficient (Wildman–Crippen LogP) is 1.02. The number of ketones is 2. The summed E-state index contributed by atoms with van der Waals surface area (Å²) >= 11 is 0. The van der Waals surface area contributed by atoms with E-state index in [1.807, 2.05) is 0 Å². The van der Waals surface area contributed by atoms with Gasteiger partial charge in [-0.3, -0.25) is 9.59 Å². The third-order valence-electron chi connectivity index (χ3n) is 2.95. The van der Waals surface area contributed by atoms with Gasteiger partial charge in [0.25, 0.3) is 0 Å². The highest BCUT2D eigenvalue weighted by atomic mass is 16.5. The molecule has 2 N–H and O–H groups in total. The molecule has 0 radical (unpaired) electrons. The number of phenolic OH excluding ortho intramolecular Hbond substituents is 2. The average Bonchev–Trinajstić information content (AvgIpc) is 2.44. The Kier molecular flexibility index (Phi) is 3.27. The molecule has 0 amide bonds.